The summed E-state index contributed by atoms with van der Waals surface area (Å²) in [7, 11) is 3.34. The van der Waals surface area contributed by atoms with Crippen LogP contribution >= 0.6 is 0 Å². The molecule has 2 heterocycles. The van der Waals surface area contributed by atoms with E-state index in [0.717, 1.165) is 22.6 Å². The topological polar surface area (TPSA) is 87.2 Å². The summed E-state index contributed by atoms with van der Waals surface area (Å²) in [6.45, 7) is 0. The Morgan fingerprint density at radius 3 is 2.14 bits per heavy atom. The van der Waals surface area contributed by atoms with Crippen LogP contribution in [-0.4, -0.2) is 40.8 Å². The van der Waals surface area contributed by atoms with Gasteiger partial charge in [-0.3, -0.25) is 9.59 Å². The third kappa shape index (κ3) is 5.87. The molecule has 7 nitrogen and oxygen atoms in total. The third-order valence-corrected chi connectivity index (χ3v) is 4.23. The second kappa shape index (κ2) is 9.45. The van der Waals surface area contributed by atoms with Gasteiger partial charge >= 0.3 is 0 Å². The van der Waals surface area contributed by atoms with E-state index >= 15 is 0 Å². The van der Waals surface area contributed by atoms with E-state index in [1.165, 1.54) is 4.90 Å². The number of aromatic nitrogens is 2. The molecule has 0 spiro atoms. The number of carbonyl (C=O) groups is 2. The average molecular weight is 389 g/mol. The Hall–Kier alpha value is -3.74. The number of para-hydroxylation sites is 1. The molecule has 0 fully saturated rings. The van der Waals surface area contributed by atoms with Crippen LogP contribution in [0, 0.1) is 0 Å². The Morgan fingerprint density at radius 1 is 0.862 bits per heavy atom. The predicted octanol–water partition coefficient (Wildman–Crippen LogP) is 3.69. The van der Waals surface area contributed by atoms with Crippen molar-refractivity contribution in [1.82, 2.24) is 14.9 Å². The molecule has 1 aromatic carbocycles. The molecule has 29 heavy (non-hydrogen) atoms. The van der Waals surface area contributed by atoms with Crippen LogP contribution in [0.25, 0.3) is 11.1 Å². The Morgan fingerprint density at radius 2 is 1.48 bits per heavy atom. The maximum Gasteiger partial charge on any atom is 0.226 e. The lowest BCUT2D eigenvalue weighted by molar-refractivity contribution is -0.130. The minimum atomic E-state index is -0.244. The van der Waals surface area contributed by atoms with Gasteiger partial charge in [0.25, 0.3) is 0 Å². The number of pyridine rings is 2. The van der Waals surface area contributed by atoms with E-state index in [0.29, 0.717) is 5.82 Å². The van der Waals surface area contributed by atoms with Gasteiger partial charge in [0.2, 0.25) is 11.8 Å². The molecule has 0 bridgehead atoms. The standard InChI is InChI=1S/C22H23N5O2/c1-27(2)22(29)9-8-21(28)26-20-15-17(11-13-24-20)16-10-12-23-19(14-16)25-18-6-4-3-5-7-18/h3-7,10-15H,8-9H2,1-2H3,(H,23,25)(H,24,26,28). The lowest BCUT2D eigenvalue weighted by atomic mass is 10.1. The largest absolute Gasteiger partial charge is 0.349 e. The second-order valence-corrected chi connectivity index (χ2v) is 6.69. The van der Waals surface area contributed by atoms with Gasteiger partial charge in [-0.25, -0.2) is 9.97 Å². The van der Waals surface area contributed by atoms with Crippen LogP contribution in [0.4, 0.5) is 17.3 Å². The first-order chi connectivity index (χ1) is 14.0. The monoisotopic (exact) mass is 389 g/mol. The van der Waals surface area contributed by atoms with E-state index in [1.54, 1.807) is 32.6 Å². The number of hydrogen-bond acceptors (Lipinski definition) is 5. The van der Waals surface area contributed by atoms with Crippen LogP contribution in [0.2, 0.25) is 0 Å². The number of amides is 2. The minimum absolute atomic E-state index is 0.0860. The van der Waals surface area contributed by atoms with E-state index < -0.39 is 0 Å². The van der Waals surface area contributed by atoms with Crippen molar-refractivity contribution in [3.63, 3.8) is 0 Å². The third-order valence-electron chi connectivity index (χ3n) is 4.23. The van der Waals surface area contributed by atoms with Crippen molar-refractivity contribution in [2.24, 2.45) is 0 Å². The minimum Gasteiger partial charge on any atom is -0.349 e. The average Bonchev–Trinajstić information content (AvgIpc) is 2.73. The molecule has 148 valence electrons. The summed E-state index contributed by atoms with van der Waals surface area (Å²) in [5.74, 6) is 0.834. The predicted molar refractivity (Wildman–Crippen MR) is 114 cm³/mol. The van der Waals surface area contributed by atoms with E-state index in [9.17, 15) is 9.59 Å². The number of anilines is 3. The Bertz CT molecular complexity index is 989. The van der Waals surface area contributed by atoms with Crippen molar-refractivity contribution in [3.8, 4) is 11.1 Å². The van der Waals surface area contributed by atoms with Gasteiger partial charge in [-0.05, 0) is 47.5 Å². The lowest BCUT2D eigenvalue weighted by Gasteiger charge is -2.11. The highest BCUT2D eigenvalue weighted by molar-refractivity contribution is 5.93. The molecule has 0 unspecified atom stereocenters. The number of hydrogen-bond donors (Lipinski definition) is 2. The zero-order chi connectivity index (χ0) is 20.6. The highest BCUT2D eigenvalue weighted by Crippen LogP contribution is 2.24. The summed E-state index contributed by atoms with van der Waals surface area (Å²) in [5, 5.41) is 6.01. The van der Waals surface area contributed by atoms with Crippen LogP contribution in [0.3, 0.4) is 0 Å². The van der Waals surface area contributed by atoms with Crippen molar-refractivity contribution in [2.45, 2.75) is 12.8 Å². The van der Waals surface area contributed by atoms with Crippen molar-refractivity contribution >= 4 is 29.1 Å². The summed E-state index contributed by atoms with van der Waals surface area (Å²) in [4.78, 5) is 33.7. The summed E-state index contributed by atoms with van der Waals surface area (Å²) < 4.78 is 0. The van der Waals surface area contributed by atoms with Crippen LogP contribution in [0.15, 0.2) is 67.0 Å². The Labute approximate surface area is 169 Å². The number of carbonyl (C=O) groups excluding carboxylic acids is 2. The molecule has 0 aliphatic carbocycles. The fourth-order valence-corrected chi connectivity index (χ4v) is 2.68. The normalized spacial score (nSPS) is 10.3. The molecule has 0 aliphatic rings. The molecule has 2 aromatic heterocycles. The van der Waals surface area contributed by atoms with Crippen molar-refractivity contribution in [1.29, 1.82) is 0 Å². The smallest absolute Gasteiger partial charge is 0.226 e. The molecule has 3 aromatic rings. The quantitative estimate of drug-likeness (QED) is 0.643. The highest BCUT2D eigenvalue weighted by atomic mass is 16.2. The van der Waals surface area contributed by atoms with Crippen LogP contribution in [0.5, 0.6) is 0 Å². The van der Waals surface area contributed by atoms with Crippen LogP contribution in [0.1, 0.15) is 12.8 Å². The molecular weight excluding hydrogens is 366 g/mol. The maximum absolute atomic E-state index is 12.1. The number of benzene rings is 1. The van der Waals surface area contributed by atoms with Gasteiger partial charge in [-0.1, -0.05) is 18.2 Å². The lowest BCUT2D eigenvalue weighted by Crippen LogP contribution is -2.23. The second-order valence-electron chi connectivity index (χ2n) is 6.69. The fourth-order valence-electron chi connectivity index (χ4n) is 2.68. The van der Waals surface area contributed by atoms with E-state index in [2.05, 4.69) is 20.6 Å². The van der Waals surface area contributed by atoms with E-state index in [4.69, 9.17) is 0 Å². The first-order valence-corrected chi connectivity index (χ1v) is 9.26. The van der Waals surface area contributed by atoms with Crippen molar-refractivity contribution in [3.05, 3.63) is 67.0 Å². The van der Waals surface area contributed by atoms with Crippen LogP contribution < -0.4 is 10.6 Å². The van der Waals surface area contributed by atoms with E-state index in [-0.39, 0.29) is 24.7 Å². The van der Waals surface area contributed by atoms with E-state index in [1.807, 2.05) is 48.5 Å². The Balaban J connectivity index is 1.68. The molecule has 0 radical (unpaired) electrons. The van der Waals surface area contributed by atoms with Crippen LogP contribution in [-0.2, 0) is 9.59 Å². The molecule has 0 saturated carbocycles. The summed E-state index contributed by atoms with van der Waals surface area (Å²) in [5.41, 5.74) is 2.80. The first kappa shape index (κ1) is 20.0. The molecule has 2 amide bonds. The number of nitrogens with zero attached hydrogens (tertiary/aromatic N) is 3. The summed E-state index contributed by atoms with van der Waals surface area (Å²) in [6.07, 6.45) is 3.65. The maximum atomic E-state index is 12.1. The van der Waals surface area contributed by atoms with Crippen molar-refractivity contribution < 1.29 is 9.59 Å². The SMILES string of the molecule is CN(C)C(=O)CCC(=O)Nc1cc(-c2ccnc(Nc3ccccc3)c2)ccn1. The fraction of sp³-hybridized carbons (Fsp3) is 0.182. The van der Waals surface area contributed by atoms with Gasteiger partial charge in [-0.15, -0.1) is 0 Å². The number of nitrogens with one attached hydrogen (secondary N) is 2. The van der Waals surface area contributed by atoms with Gasteiger partial charge in [-0.2, -0.15) is 0 Å². The zero-order valence-corrected chi connectivity index (χ0v) is 16.4. The van der Waals surface area contributed by atoms with Crippen molar-refractivity contribution in [2.75, 3.05) is 24.7 Å². The summed E-state index contributed by atoms with van der Waals surface area (Å²) in [6, 6.07) is 17.3. The van der Waals surface area contributed by atoms with Gasteiger partial charge in [0.05, 0.1) is 0 Å². The molecule has 3 rings (SSSR count). The molecule has 2 N–H and O–H groups in total. The molecule has 0 atom stereocenters. The van der Waals surface area contributed by atoms with Gasteiger partial charge in [0.1, 0.15) is 11.6 Å². The van der Waals surface area contributed by atoms with Gasteiger partial charge in [0.15, 0.2) is 0 Å². The molecule has 0 saturated heterocycles. The van der Waals surface area contributed by atoms with Gasteiger partial charge < -0.3 is 15.5 Å². The first-order valence-electron chi connectivity index (χ1n) is 9.26. The molecular formula is C22H23N5O2. The van der Waals surface area contributed by atoms with Gasteiger partial charge in [0, 0.05) is 45.0 Å². The molecule has 0 aliphatic heterocycles. The Kier molecular flexibility index (Phi) is 6.52. The summed E-state index contributed by atoms with van der Waals surface area (Å²) >= 11 is 0. The number of rotatable bonds is 7. The highest BCUT2D eigenvalue weighted by Gasteiger charge is 2.10. The zero-order valence-electron chi connectivity index (χ0n) is 16.4. The molecule has 7 heteroatoms.